The first kappa shape index (κ1) is 19.2. The van der Waals surface area contributed by atoms with E-state index in [-0.39, 0.29) is 0 Å². The van der Waals surface area contributed by atoms with Crippen LogP contribution in [-0.2, 0) is 6.42 Å². The van der Waals surface area contributed by atoms with Crippen LogP contribution >= 0.6 is 0 Å². The quantitative estimate of drug-likeness (QED) is 0.651. The molecule has 4 rings (SSSR count). The van der Waals surface area contributed by atoms with E-state index in [1.54, 1.807) is 6.33 Å². The molecule has 1 aliphatic rings. The molecule has 0 spiro atoms. The molecule has 0 unspecified atom stereocenters. The third-order valence-electron chi connectivity index (χ3n) is 5.41. The van der Waals surface area contributed by atoms with Crippen molar-refractivity contribution in [1.29, 1.82) is 0 Å². The largest absolute Gasteiger partial charge is 0.372 e. The van der Waals surface area contributed by atoms with E-state index in [1.165, 1.54) is 22.5 Å². The van der Waals surface area contributed by atoms with Crippen LogP contribution in [0.5, 0.6) is 0 Å². The second kappa shape index (κ2) is 8.47. The minimum Gasteiger partial charge on any atom is -0.372 e. The fourth-order valence-electron chi connectivity index (χ4n) is 3.89. The molecule has 2 aromatic carbocycles. The molecule has 2 heterocycles. The predicted octanol–water partition coefficient (Wildman–Crippen LogP) is 4.85. The number of hydrogen-bond acceptors (Lipinski definition) is 6. The SMILES string of the molecule is CCN(CC)c1ccc(Nc2ncnc(N3CCCc4cc(C)ccc43)n2)cc1. The van der Waals surface area contributed by atoms with Gasteiger partial charge in [0.2, 0.25) is 11.9 Å². The lowest BCUT2D eigenvalue weighted by Crippen LogP contribution is -2.26. The minimum absolute atomic E-state index is 0.560. The molecule has 0 amide bonds. The van der Waals surface area contributed by atoms with Crippen molar-refractivity contribution in [2.75, 3.05) is 34.8 Å². The minimum atomic E-state index is 0.560. The zero-order chi connectivity index (χ0) is 20.2. The average molecular weight is 389 g/mol. The maximum Gasteiger partial charge on any atom is 0.234 e. The van der Waals surface area contributed by atoms with Crippen LogP contribution in [0.3, 0.4) is 0 Å². The molecule has 6 nitrogen and oxygen atoms in total. The molecule has 0 saturated carbocycles. The first-order valence-corrected chi connectivity index (χ1v) is 10.4. The summed E-state index contributed by atoms with van der Waals surface area (Å²) in [5.74, 6) is 1.25. The Kier molecular flexibility index (Phi) is 5.60. The second-order valence-electron chi connectivity index (χ2n) is 7.34. The van der Waals surface area contributed by atoms with Gasteiger partial charge >= 0.3 is 0 Å². The van der Waals surface area contributed by atoms with Gasteiger partial charge in [0.25, 0.3) is 0 Å². The van der Waals surface area contributed by atoms with Crippen LogP contribution in [0.4, 0.5) is 29.0 Å². The Morgan fingerprint density at radius 1 is 1.03 bits per heavy atom. The fourth-order valence-corrected chi connectivity index (χ4v) is 3.89. The normalized spacial score (nSPS) is 13.1. The Labute approximate surface area is 172 Å². The molecule has 150 valence electrons. The van der Waals surface area contributed by atoms with E-state index in [0.717, 1.165) is 38.2 Å². The van der Waals surface area contributed by atoms with Crippen molar-refractivity contribution in [1.82, 2.24) is 15.0 Å². The van der Waals surface area contributed by atoms with Gasteiger partial charge in [-0.3, -0.25) is 0 Å². The zero-order valence-corrected chi connectivity index (χ0v) is 17.4. The lowest BCUT2D eigenvalue weighted by atomic mass is 10.00. The van der Waals surface area contributed by atoms with Gasteiger partial charge in [-0.15, -0.1) is 0 Å². The fraction of sp³-hybridized carbons (Fsp3) is 0.348. The summed E-state index contributed by atoms with van der Waals surface area (Å²) in [4.78, 5) is 18.0. The van der Waals surface area contributed by atoms with Crippen molar-refractivity contribution in [2.45, 2.75) is 33.6 Å². The van der Waals surface area contributed by atoms with Crippen molar-refractivity contribution in [3.8, 4) is 0 Å². The Bertz CT molecular complexity index is 965. The van der Waals surface area contributed by atoms with Crippen molar-refractivity contribution in [2.24, 2.45) is 0 Å². The molecule has 6 heteroatoms. The van der Waals surface area contributed by atoms with E-state index in [1.807, 2.05) is 0 Å². The Balaban J connectivity index is 1.54. The van der Waals surface area contributed by atoms with Crippen LogP contribution in [0.1, 0.15) is 31.4 Å². The van der Waals surface area contributed by atoms with Crippen molar-refractivity contribution < 1.29 is 0 Å². The first-order chi connectivity index (χ1) is 14.2. The highest BCUT2D eigenvalue weighted by molar-refractivity contribution is 5.65. The maximum atomic E-state index is 4.69. The lowest BCUT2D eigenvalue weighted by molar-refractivity contribution is 0.747. The van der Waals surface area contributed by atoms with Gasteiger partial charge in [0.1, 0.15) is 6.33 Å². The Hall–Kier alpha value is -3.15. The van der Waals surface area contributed by atoms with E-state index in [4.69, 9.17) is 0 Å². The number of nitrogens with one attached hydrogen (secondary N) is 1. The summed E-state index contributed by atoms with van der Waals surface area (Å²) in [6.45, 7) is 9.38. The maximum absolute atomic E-state index is 4.69. The Morgan fingerprint density at radius 3 is 2.59 bits per heavy atom. The monoisotopic (exact) mass is 388 g/mol. The van der Waals surface area contributed by atoms with Gasteiger partial charge in [0.15, 0.2) is 0 Å². The zero-order valence-electron chi connectivity index (χ0n) is 17.4. The molecule has 1 aliphatic heterocycles. The highest BCUT2D eigenvalue weighted by Crippen LogP contribution is 2.32. The summed E-state index contributed by atoms with van der Waals surface area (Å²) in [5, 5.41) is 3.31. The molecule has 29 heavy (non-hydrogen) atoms. The van der Waals surface area contributed by atoms with Crippen molar-refractivity contribution >= 4 is 29.0 Å². The Morgan fingerprint density at radius 2 is 1.83 bits per heavy atom. The topological polar surface area (TPSA) is 57.2 Å². The smallest absolute Gasteiger partial charge is 0.234 e. The van der Waals surface area contributed by atoms with Gasteiger partial charge in [0, 0.05) is 36.7 Å². The predicted molar refractivity (Wildman–Crippen MR) is 120 cm³/mol. The summed E-state index contributed by atoms with van der Waals surface area (Å²) in [6, 6.07) is 15.0. The van der Waals surface area contributed by atoms with Crippen LogP contribution in [0.2, 0.25) is 0 Å². The van der Waals surface area contributed by atoms with E-state index in [9.17, 15) is 0 Å². The van der Waals surface area contributed by atoms with Gasteiger partial charge in [-0.1, -0.05) is 17.7 Å². The van der Waals surface area contributed by atoms with Crippen LogP contribution in [0.15, 0.2) is 48.8 Å². The molecule has 1 aromatic heterocycles. The van der Waals surface area contributed by atoms with Crippen LogP contribution in [0.25, 0.3) is 0 Å². The number of hydrogen-bond donors (Lipinski definition) is 1. The number of benzene rings is 2. The summed E-state index contributed by atoms with van der Waals surface area (Å²) in [5.41, 5.74) is 6.03. The van der Waals surface area contributed by atoms with Gasteiger partial charge in [-0.2, -0.15) is 4.98 Å². The third-order valence-corrected chi connectivity index (χ3v) is 5.41. The van der Waals surface area contributed by atoms with E-state index >= 15 is 0 Å². The number of fused-ring (bicyclic) bond motifs is 1. The molecular weight excluding hydrogens is 360 g/mol. The molecule has 0 bridgehead atoms. The molecular formula is C23H28N6. The molecule has 0 aliphatic carbocycles. The van der Waals surface area contributed by atoms with Gasteiger partial charge in [-0.05, 0) is 69.5 Å². The van der Waals surface area contributed by atoms with Crippen molar-refractivity contribution in [3.05, 3.63) is 59.9 Å². The van der Waals surface area contributed by atoms with Gasteiger partial charge in [0.05, 0.1) is 0 Å². The first-order valence-electron chi connectivity index (χ1n) is 10.4. The molecule has 0 radical (unpaired) electrons. The van der Waals surface area contributed by atoms with Crippen LogP contribution in [0, 0.1) is 6.92 Å². The number of aryl methyl sites for hydroxylation is 2. The van der Waals surface area contributed by atoms with Crippen LogP contribution < -0.4 is 15.1 Å². The summed E-state index contributed by atoms with van der Waals surface area (Å²) >= 11 is 0. The van der Waals surface area contributed by atoms with E-state index < -0.39 is 0 Å². The van der Waals surface area contributed by atoms with Gasteiger partial charge < -0.3 is 15.1 Å². The van der Waals surface area contributed by atoms with E-state index in [0.29, 0.717) is 11.9 Å². The molecule has 1 N–H and O–H groups in total. The number of aromatic nitrogens is 3. The summed E-state index contributed by atoms with van der Waals surface area (Å²) < 4.78 is 0. The van der Waals surface area contributed by atoms with Crippen molar-refractivity contribution in [3.63, 3.8) is 0 Å². The summed E-state index contributed by atoms with van der Waals surface area (Å²) in [6.07, 6.45) is 3.78. The highest BCUT2D eigenvalue weighted by Gasteiger charge is 2.20. The molecule has 3 aromatic rings. The van der Waals surface area contributed by atoms with Crippen LogP contribution in [-0.4, -0.2) is 34.6 Å². The number of anilines is 5. The van der Waals surface area contributed by atoms with Gasteiger partial charge in [-0.25, -0.2) is 9.97 Å². The summed E-state index contributed by atoms with van der Waals surface area (Å²) in [7, 11) is 0. The third kappa shape index (κ3) is 4.16. The molecule has 0 fully saturated rings. The molecule has 0 atom stereocenters. The molecule has 0 saturated heterocycles. The lowest BCUT2D eigenvalue weighted by Gasteiger charge is -2.29. The standard InChI is InChI=1S/C23H28N6/c1-4-28(5-2)20-11-9-19(10-12-20)26-22-24-16-25-23(27-22)29-14-6-7-18-15-17(3)8-13-21(18)29/h8-13,15-16H,4-7,14H2,1-3H3,(H,24,25,26,27). The average Bonchev–Trinajstić information content (AvgIpc) is 2.75. The second-order valence-corrected chi connectivity index (χ2v) is 7.34. The number of rotatable bonds is 6. The number of nitrogens with zero attached hydrogens (tertiary/aromatic N) is 5. The van der Waals surface area contributed by atoms with E-state index in [2.05, 4.69) is 93.3 Å². The highest BCUT2D eigenvalue weighted by atomic mass is 15.3.